The fraction of sp³-hybridized carbons (Fsp3) is 0.333. The summed E-state index contributed by atoms with van der Waals surface area (Å²) < 4.78 is 5.12. The van der Waals surface area contributed by atoms with Gasteiger partial charge in [0.2, 0.25) is 0 Å². The van der Waals surface area contributed by atoms with E-state index in [1.807, 2.05) is 26.1 Å². The maximum atomic E-state index is 5.12. The highest BCUT2D eigenvalue weighted by Crippen LogP contribution is 2.04. The molecule has 0 aliphatic rings. The van der Waals surface area contributed by atoms with Crippen LogP contribution in [0, 0.1) is 13.8 Å². The SMILES string of the molecule is Cc1ccc(CNCc2ncoc2C)nc1. The molecule has 4 nitrogen and oxygen atoms in total. The number of pyridine rings is 1. The van der Waals surface area contributed by atoms with Gasteiger partial charge in [-0.3, -0.25) is 4.98 Å². The summed E-state index contributed by atoms with van der Waals surface area (Å²) in [6.45, 7) is 5.39. The Hall–Kier alpha value is -1.68. The third-order valence-corrected chi connectivity index (χ3v) is 2.42. The largest absolute Gasteiger partial charge is 0.448 e. The van der Waals surface area contributed by atoms with Crippen LogP contribution in [-0.4, -0.2) is 9.97 Å². The van der Waals surface area contributed by atoms with Crippen LogP contribution < -0.4 is 5.32 Å². The minimum atomic E-state index is 0.706. The second-order valence-electron chi connectivity index (χ2n) is 3.79. The summed E-state index contributed by atoms with van der Waals surface area (Å²) in [5, 5.41) is 3.28. The Morgan fingerprint density at radius 1 is 1.19 bits per heavy atom. The number of nitrogens with one attached hydrogen (secondary N) is 1. The lowest BCUT2D eigenvalue weighted by Gasteiger charge is -2.02. The van der Waals surface area contributed by atoms with E-state index in [2.05, 4.69) is 21.4 Å². The average molecular weight is 217 g/mol. The van der Waals surface area contributed by atoms with Gasteiger partial charge < -0.3 is 9.73 Å². The third-order valence-electron chi connectivity index (χ3n) is 2.42. The Kier molecular flexibility index (Phi) is 3.31. The first-order valence-corrected chi connectivity index (χ1v) is 5.27. The maximum absolute atomic E-state index is 5.12. The van der Waals surface area contributed by atoms with E-state index in [9.17, 15) is 0 Å². The summed E-state index contributed by atoms with van der Waals surface area (Å²) in [6.07, 6.45) is 3.34. The van der Waals surface area contributed by atoms with Crippen LogP contribution in [-0.2, 0) is 13.1 Å². The predicted octanol–water partition coefficient (Wildman–Crippen LogP) is 1.98. The number of rotatable bonds is 4. The van der Waals surface area contributed by atoms with E-state index in [-0.39, 0.29) is 0 Å². The fourth-order valence-electron chi connectivity index (χ4n) is 1.41. The predicted molar refractivity (Wildman–Crippen MR) is 60.8 cm³/mol. The molecular weight excluding hydrogens is 202 g/mol. The number of hydrogen-bond acceptors (Lipinski definition) is 4. The van der Waals surface area contributed by atoms with Gasteiger partial charge in [-0.2, -0.15) is 0 Å². The molecule has 0 aliphatic carbocycles. The Morgan fingerprint density at radius 3 is 2.69 bits per heavy atom. The standard InChI is InChI=1S/C12H15N3O/c1-9-3-4-11(14-5-9)6-13-7-12-10(2)16-8-15-12/h3-5,8,13H,6-7H2,1-2H3. The van der Waals surface area contributed by atoms with Gasteiger partial charge in [0.25, 0.3) is 0 Å². The van der Waals surface area contributed by atoms with Crippen molar-refractivity contribution in [3.05, 3.63) is 47.4 Å². The number of oxazole rings is 1. The second-order valence-corrected chi connectivity index (χ2v) is 3.79. The Labute approximate surface area is 94.7 Å². The lowest BCUT2D eigenvalue weighted by molar-refractivity contribution is 0.522. The van der Waals surface area contributed by atoms with Crippen molar-refractivity contribution in [1.82, 2.24) is 15.3 Å². The molecule has 0 aliphatic heterocycles. The smallest absolute Gasteiger partial charge is 0.181 e. The van der Waals surface area contributed by atoms with Crippen LogP contribution in [0.4, 0.5) is 0 Å². The highest BCUT2D eigenvalue weighted by molar-refractivity contribution is 5.12. The highest BCUT2D eigenvalue weighted by atomic mass is 16.3. The van der Waals surface area contributed by atoms with Gasteiger partial charge in [0.05, 0.1) is 11.4 Å². The molecule has 0 bridgehead atoms. The molecule has 4 heteroatoms. The van der Waals surface area contributed by atoms with Crippen LogP contribution in [0.1, 0.15) is 22.7 Å². The number of aryl methyl sites for hydroxylation is 2. The van der Waals surface area contributed by atoms with Crippen LogP contribution in [0.25, 0.3) is 0 Å². The maximum Gasteiger partial charge on any atom is 0.181 e. The molecule has 16 heavy (non-hydrogen) atoms. The van der Waals surface area contributed by atoms with E-state index in [1.54, 1.807) is 0 Å². The van der Waals surface area contributed by atoms with Gasteiger partial charge in [-0.15, -0.1) is 0 Å². The van der Waals surface area contributed by atoms with Crippen molar-refractivity contribution in [2.75, 3.05) is 0 Å². The summed E-state index contributed by atoms with van der Waals surface area (Å²) in [4.78, 5) is 8.42. The van der Waals surface area contributed by atoms with E-state index < -0.39 is 0 Å². The molecule has 2 aromatic heterocycles. The highest BCUT2D eigenvalue weighted by Gasteiger charge is 2.02. The molecule has 0 saturated heterocycles. The second kappa shape index (κ2) is 4.90. The zero-order chi connectivity index (χ0) is 11.4. The number of hydrogen-bond donors (Lipinski definition) is 1. The monoisotopic (exact) mass is 217 g/mol. The molecule has 2 aromatic rings. The first kappa shape index (κ1) is 10.8. The van der Waals surface area contributed by atoms with E-state index in [4.69, 9.17) is 4.42 Å². The minimum Gasteiger partial charge on any atom is -0.448 e. The van der Waals surface area contributed by atoms with Crippen molar-refractivity contribution in [1.29, 1.82) is 0 Å². The van der Waals surface area contributed by atoms with Gasteiger partial charge in [0, 0.05) is 19.3 Å². The van der Waals surface area contributed by atoms with Gasteiger partial charge in [0.1, 0.15) is 5.76 Å². The molecule has 0 fully saturated rings. The van der Waals surface area contributed by atoms with Gasteiger partial charge in [0.15, 0.2) is 6.39 Å². The van der Waals surface area contributed by atoms with Crippen LogP contribution in [0.15, 0.2) is 29.1 Å². The molecule has 0 spiro atoms. The Balaban J connectivity index is 1.84. The molecule has 84 valence electrons. The molecule has 1 N–H and O–H groups in total. The zero-order valence-electron chi connectivity index (χ0n) is 9.53. The summed E-state index contributed by atoms with van der Waals surface area (Å²) in [7, 11) is 0. The first-order valence-electron chi connectivity index (χ1n) is 5.27. The van der Waals surface area contributed by atoms with Crippen LogP contribution in [0.2, 0.25) is 0 Å². The zero-order valence-corrected chi connectivity index (χ0v) is 9.53. The third kappa shape index (κ3) is 2.67. The molecular formula is C12H15N3O. The molecule has 0 radical (unpaired) electrons. The first-order chi connectivity index (χ1) is 7.75. The van der Waals surface area contributed by atoms with Crippen molar-refractivity contribution in [2.45, 2.75) is 26.9 Å². The van der Waals surface area contributed by atoms with E-state index in [1.165, 1.54) is 12.0 Å². The van der Waals surface area contributed by atoms with E-state index in [0.29, 0.717) is 6.54 Å². The van der Waals surface area contributed by atoms with Gasteiger partial charge in [-0.1, -0.05) is 6.07 Å². The van der Waals surface area contributed by atoms with E-state index in [0.717, 1.165) is 23.7 Å². The number of aromatic nitrogens is 2. The van der Waals surface area contributed by atoms with Crippen molar-refractivity contribution in [3.8, 4) is 0 Å². The van der Waals surface area contributed by atoms with Gasteiger partial charge >= 0.3 is 0 Å². The van der Waals surface area contributed by atoms with Crippen molar-refractivity contribution in [3.63, 3.8) is 0 Å². The van der Waals surface area contributed by atoms with Crippen LogP contribution in [0.5, 0.6) is 0 Å². The molecule has 0 atom stereocenters. The number of nitrogens with zero attached hydrogens (tertiary/aromatic N) is 2. The van der Waals surface area contributed by atoms with Crippen LogP contribution >= 0.6 is 0 Å². The van der Waals surface area contributed by atoms with Gasteiger partial charge in [-0.25, -0.2) is 4.98 Å². The molecule has 2 heterocycles. The normalized spacial score (nSPS) is 10.6. The van der Waals surface area contributed by atoms with Crippen LogP contribution in [0.3, 0.4) is 0 Å². The van der Waals surface area contributed by atoms with Crippen molar-refractivity contribution >= 4 is 0 Å². The quantitative estimate of drug-likeness (QED) is 0.850. The van der Waals surface area contributed by atoms with Crippen molar-refractivity contribution in [2.24, 2.45) is 0 Å². The topological polar surface area (TPSA) is 51.0 Å². The minimum absolute atomic E-state index is 0.706. The van der Waals surface area contributed by atoms with E-state index >= 15 is 0 Å². The summed E-state index contributed by atoms with van der Waals surface area (Å²) in [5.74, 6) is 0.865. The molecule has 2 rings (SSSR count). The fourth-order valence-corrected chi connectivity index (χ4v) is 1.41. The summed E-state index contributed by atoms with van der Waals surface area (Å²) in [5.41, 5.74) is 3.16. The Morgan fingerprint density at radius 2 is 2.06 bits per heavy atom. The molecule has 0 amide bonds. The molecule has 0 unspecified atom stereocenters. The van der Waals surface area contributed by atoms with Gasteiger partial charge in [-0.05, 0) is 25.5 Å². The summed E-state index contributed by atoms with van der Waals surface area (Å²) in [6, 6.07) is 4.09. The molecule has 0 saturated carbocycles. The molecule has 0 aromatic carbocycles. The Bertz CT molecular complexity index is 448. The lowest BCUT2D eigenvalue weighted by Crippen LogP contribution is -2.14. The lowest BCUT2D eigenvalue weighted by atomic mass is 10.2. The van der Waals surface area contributed by atoms with Crippen molar-refractivity contribution < 1.29 is 4.42 Å². The summed E-state index contributed by atoms with van der Waals surface area (Å²) >= 11 is 0. The average Bonchev–Trinajstić information content (AvgIpc) is 2.68.